The van der Waals surface area contributed by atoms with Crippen molar-refractivity contribution < 1.29 is 14.2 Å². The molecule has 114 valence electrons. The number of nitrogens with two attached hydrogens (primary N) is 1. The second-order valence-electron chi connectivity index (χ2n) is 4.50. The molecule has 0 aliphatic carbocycles. The molecule has 0 bridgehead atoms. The largest absolute Gasteiger partial charge is 0.493 e. The van der Waals surface area contributed by atoms with E-state index in [1.807, 2.05) is 12.1 Å². The SMILES string of the molecule is COc1cc(C(N)Cc2cc(Br)cs2)cc(OC)c1OC. The smallest absolute Gasteiger partial charge is 0.203 e. The van der Waals surface area contributed by atoms with Crippen LogP contribution in [0.1, 0.15) is 16.5 Å². The van der Waals surface area contributed by atoms with Crippen LogP contribution in [0.15, 0.2) is 28.1 Å². The van der Waals surface area contributed by atoms with Gasteiger partial charge in [0.25, 0.3) is 0 Å². The first-order chi connectivity index (χ1) is 10.1. The quantitative estimate of drug-likeness (QED) is 0.839. The lowest BCUT2D eigenvalue weighted by atomic mass is 10.0. The highest BCUT2D eigenvalue weighted by molar-refractivity contribution is 9.10. The van der Waals surface area contributed by atoms with E-state index in [-0.39, 0.29) is 6.04 Å². The first-order valence-corrected chi connectivity index (χ1v) is 8.04. The highest BCUT2D eigenvalue weighted by Crippen LogP contribution is 2.40. The monoisotopic (exact) mass is 371 g/mol. The van der Waals surface area contributed by atoms with E-state index in [4.69, 9.17) is 19.9 Å². The lowest BCUT2D eigenvalue weighted by Gasteiger charge is -2.17. The maximum atomic E-state index is 6.31. The van der Waals surface area contributed by atoms with Crippen LogP contribution in [0.2, 0.25) is 0 Å². The van der Waals surface area contributed by atoms with Gasteiger partial charge in [-0.05, 0) is 39.7 Å². The predicted molar refractivity (Wildman–Crippen MR) is 88.7 cm³/mol. The third-order valence-corrected chi connectivity index (χ3v) is 4.88. The van der Waals surface area contributed by atoms with Gasteiger partial charge in [0.15, 0.2) is 11.5 Å². The van der Waals surface area contributed by atoms with Crippen molar-refractivity contribution in [3.05, 3.63) is 38.5 Å². The minimum Gasteiger partial charge on any atom is -0.493 e. The maximum Gasteiger partial charge on any atom is 0.203 e. The fourth-order valence-corrected chi connectivity index (χ4v) is 3.62. The molecule has 1 unspecified atom stereocenters. The second-order valence-corrected chi connectivity index (χ2v) is 6.41. The summed E-state index contributed by atoms with van der Waals surface area (Å²) in [6.45, 7) is 0. The number of benzene rings is 1. The van der Waals surface area contributed by atoms with Crippen LogP contribution >= 0.6 is 27.3 Å². The van der Waals surface area contributed by atoms with Gasteiger partial charge in [0.2, 0.25) is 5.75 Å². The van der Waals surface area contributed by atoms with Gasteiger partial charge in [-0.25, -0.2) is 0 Å². The summed E-state index contributed by atoms with van der Waals surface area (Å²) in [5.41, 5.74) is 7.27. The van der Waals surface area contributed by atoms with Crippen LogP contribution in [0.4, 0.5) is 0 Å². The van der Waals surface area contributed by atoms with Gasteiger partial charge in [-0.15, -0.1) is 11.3 Å². The van der Waals surface area contributed by atoms with Crippen molar-refractivity contribution in [2.75, 3.05) is 21.3 Å². The lowest BCUT2D eigenvalue weighted by molar-refractivity contribution is 0.323. The number of ether oxygens (including phenoxy) is 3. The number of halogens is 1. The Hall–Kier alpha value is -1.24. The summed E-state index contributed by atoms with van der Waals surface area (Å²) in [6, 6.07) is 5.75. The molecule has 21 heavy (non-hydrogen) atoms. The molecule has 1 aromatic carbocycles. The van der Waals surface area contributed by atoms with Crippen LogP contribution in [-0.2, 0) is 6.42 Å². The van der Waals surface area contributed by atoms with Crippen LogP contribution in [0, 0.1) is 0 Å². The van der Waals surface area contributed by atoms with Crippen LogP contribution in [-0.4, -0.2) is 21.3 Å². The van der Waals surface area contributed by atoms with E-state index in [1.165, 1.54) is 4.88 Å². The number of hydrogen-bond acceptors (Lipinski definition) is 5. The zero-order valence-corrected chi connectivity index (χ0v) is 14.6. The third kappa shape index (κ3) is 3.70. The number of hydrogen-bond donors (Lipinski definition) is 1. The molecule has 2 rings (SSSR count). The minimum absolute atomic E-state index is 0.135. The van der Waals surface area contributed by atoms with Gasteiger partial charge in [0, 0.05) is 27.2 Å². The lowest BCUT2D eigenvalue weighted by Crippen LogP contribution is -2.13. The molecule has 0 saturated carbocycles. The molecule has 2 N–H and O–H groups in total. The highest BCUT2D eigenvalue weighted by Gasteiger charge is 2.17. The Labute approximate surface area is 137 Å². The predicted octanol–water partition coefficient (Wildman–Crippen LogP) is 3.78. The van der Waals surface area contributed by atoms with E-state index in [1.54, 1.807) is 32.7 Å². The molecule has 0 saturated heterocycles. The van der Waals surface area contributed by atoms with E-state index in [0.717, 1.165) is 16.5 Å². The van der Waals surface area contributed by atoms with Gasteiger partial charge < -0.3 is 19.9 Å². The van der Waals surface area contributed by atoms with Gasteiger partial charge in [0.05, 0.1) is 21.3 Å². The Bertz CT molecular complexity index is 590. The normalized spacial score (nSPS) is 12.0. The van der Waals surface area contributed by atoms with Crippen molar-refractivity contribution in [1.29, 1.82) is 0 Å². The van der Waals surface area contributed by atoms with Crippen molar-refractivity contribution in [2.24, 2.45) is 5.73 Å². The highest BCUT2D eigenvalue weighted by atomic mass is 79.9. The van der Waals surface area contributed by atoms with E-state index in [2.05, 4.69) is 27.4 Å². The summed E-state index contributed by atoms with van der Waals surface area (Å²) >= 11 is 5.14. The number of rotatable bonds is 6. The molecular weight excluding hydrogens is 354 g/mol. The van der Waals surface area contributed by atoms with Crippen LogP contribution < -0.4 is 19.9 Å². The standard InChI is InChI=1S/C15H18BrNO3S/c1-18-13-4-9(5-14(19-2)15(13)20-3)12(17)7-11-6-10(16)8-21-11/h4-6,8,12H,7,17H2,1-3H3. The summed E-state index contributed by atoms with van der Waals surface area (Å²) in [5, 5.41) is 2.05. The zero-order chi connectivity index (χ0) is 15.4. The molecule has 4 nitrogen and oxygen atoms in total. The summed E-state index contributed by atoms with van der Waals surface area (Å²) < 4.78 is 17.1. The van der Waals surface area contributed by atoms with Gasteiger partial charge in [-0.3, -0.25) is 0 Å². The Balaban J connectivity index is 2.30. The maximum absolute atomic E-state index is 6.31. The van der Waals surface area contributed by atoms with Crippen molar-refractivity contribution in [1.82, 2.24) is 0 Å². The second kappa shape index (κ2) is 7.15. The molecule has 6 heteroatoms. The molecule has 1 heterocycles. The fraction of sp³-hybridized carbons (Fsp3) is 0.333. The summed E-state index contributed by atoms with van der Waals surface area (Å²) in [5.74, 6) is 1.82. The number of thiophene rings is 1. The Morgan fingerprint density at radius 3 is 2.14 bits per heavy atom. The molecule has 2 aromatic rings. The Kier molecular flexibility index (Phi) is 5.50. The van der Waals surface area contributed by atoms with Crippen LogP contribution in [0.5, 0.6) is 17.2 Å². The molecule has 0 aliphatic rings. The molecule has 0 amide bonds. The molecule has 0 spiro atoms. The van der Waals surface area contributed by atoms with Crippen LogP contribution in [0.25, 0.3) is 0 Å². The summed E-state index contributed by atoms with van der Waals surface area (Å²) in [4.78, 5) is 1.23. The molecule has 0 aliphatic heterocycles. The van der Waals surface area contributed by atoms with Gasteiger partial charge in [-0.1, -0.05) is 0 Å². The van der Waals surface area contributed by atoms with Crippen molar-refractivity contribution in [3.63, 3.8) is 0 Å². The van der Waals surface area contributed by atoms with E-state index in [9.17, 15) is 0 Å². The molecule has 1 atom stereocenters. The molecule has 0 fully saturated rings. The number of methoxy groups -OCH3 is 3. The van der Waals surface area contributed by atoms with E-state index in [0.29, 0.717) is 17.2 Å². The minimum atomic E-state index is -0.135. The van der Waals surface area contributed by atoms with Crippen LogP contribution in [0.3, 0.4) is 0 Å². The summed E-state index contributed by atoms with van der Waals surface area (Å²) in [6.07, 6.45) is 0.759. The Morgan fingerprint density at radius 1 is 1.10 bits per heavy atom. The average molecular weight is 372 g/mol. The first kappa shape index (κ1) is 16.1. The van der Waals surface area contributed by atoms with Crippen molar-refractivity contribution >= 4 is 27.3 Å². The third-order valence-electron chi connectivity index (χ3n) is 3.16. The van der Waals surface area contributed by atoms with E-state index >= 15 is 0 Å². The van der Waals surface area contributed by atoms with Gasteiger partial charge >= 0.3 is 0 Å². The van der Waals surface area contributed by atoms with Gasteiger partial charge in [-0.2, -0.15) is 0 Å². The topological polar surface area (TPSA) is 53.7 Å². The fourth-order valence-electron chi connectivity index (χ4n) is 2.11. The zero-order valence-electron chi connectivity index (χ0n) is 12.2. The van der Waals surface area contributed by atoms with E-state index < -0.39 is 0 Å². The van der Waals surface area contributed by atoms with Gasteiger partial charge in [0.1, 0.15) is 0 Å². The Morgan fingerprint density at radius 2 is 1.71 bits per heavy atom. The van der Waals surface area contributed by atoms with Crippen molar-refractivity contribution in [3.8, 4) is 17.2 Å². The van der Waals surface area contributed by atoms with Crippen molar-refractivity contribution in [2.45, 2.75) is 12.5 Å². The molecule has 0 radical (unpaired) electrons. The summed E-state index contributed by atoms with van der Waals surface area (Å²) in [7, 11) is 4.79. The molecular formula is C15H18BrNO3S. The first-order valence-electron chi connectivity index (χ1n) is 6.37. The molecule has 1 aromatic heterocycles. The average Bonchev–Trinajstić information content (AvgIpc) is 2.90.